The fourth-order valence-corrected chi connectivity index (χ4v) is 3.04. The van der Waals surface area contributed by atoms with Gasteiger partial charge in [-0.1, -0.05) is 28.1 Å². The summed E-state index contributed by atoms with van der Waals surface area (Å²) in [6.45, 7) is 0. The minimum Gasteiger partial charge on any atom is -0.392 e. The molecule has 20 heavy (non-hydrogen) atoms. The number of halogens is 3. The van der Waals surface area contributed by atoms with Gasteiger partial charge in [0.05, 0.1) is 6.10 Å². The SMILES string of the molecule is OC(CSc1ccccc1F)Cc1cc(Br)ccc1F. The van der Waals surface area contributed by atoms with E-state index in [0.29, 0.717) is 16.2 Å². The molecule has 1 unspecified atom stereocenters. The number of thioether (sulfide) groups is 1. The van der Waals surface area contributed by atoms with E-state index in [1.807, 2.05) is 0 Å². The van der Waals surface area contributed by atoms with E-state index in [1.165, 1.54) is 23.9 Å². The number of rotatable bonds is 5. The van der Waals surface area contributed by atoms with Crippen molar-refractivity contribution in [3.05, 3.63) is 64.1 Å². The second-order valence-corrected chi connectivity index (χ2v) is 6.31. The van der Waals surface area contributed by atoms with Crippen LogP contribution in [-0.4, -0.2) is 17.0 Å². The molecule has 2 aromatic carbocycles. The van der Waals surface area contributed by atoms with Gasteiger partial charge in [0, 0.05) is 21.5 Å². The summed E-state index contributed by atoms with van der Waals surface area (Å²) in [7, 11) is 0. The van der Waals surface area contributed by atoms with E-state index in [2.05, 4.69) is 15.9 Å². The summed E-state index contributed by atoms with van der Waals surface area (Å²) in [6.07, 6.45) is -0.532. The third-order valence-electron chi connectivity index (χ3n) is 2.73. The molecule has 0 aliphatic carbocycles. The molecule has 0 heterocycles. The maximum absolute atomic E-state index is 13.6. The van der Waals surface area contributed by atoms with Crippen LogP contribution in [0.3, 0.4) is 0 Å². The van der Waals surface area contributed by atoms with Crippen LogP contribution in [-0.2, 0) is 6.42 Å². The van der Waals surface area contributed by atoms with Crippen LogP contribution in [0.1, 0.15) is 5.56 Å². The number of hydrogen-bond donors (Lipinski definition) is 1. The standard InChI is InChI=1S/C15H13BrF2OS/c16-11-5-6-13(17)10(7-11)8-12(19)9-20-15-4-2-1-3-14(15)18/h1-7,12,19H,8-9H2. The maximum atomic E-state index is 13.6. The predicted molar refractivity (Wildman–Crippen MR) is 80.9 cm³/mol. The van der Waals surface area contributed by atoms with Gasteiger partial charge in [-0.05, 0) is 35.9 Å². The van der Waals surface area contributed by atoms with Crippen molar-refractivity contribution in [2.24, 2.45) is 0 Å². The Balaban J connectivity index is 1.94. The van der Waals surface area contributed by atoms with Gasteiger partial charge in [-0.2, -0.15) is 0 Å². The zero-order chi connectivity index (χ0) is 14.5. The van der Waals surface area contributed by atoms with Crippen LogP contribution in [0.15, 0.2) is 51.8 Å². The number of aliphatic hydroxyl groups excluding tert-OH is 1. The molecular weight excluding hydrogens is 346 g/mol. The van der Waals surface area contributed by atoms with E-state index in [1.54, 1.807) is 30.3 Å². The normalized spacial score (nSPS) is 12.4. The molecular formula is C15H13BrF2OS. The molecule has 0 spiro atoms. The monoisotopic (exact) mass is 358 g/mol. The van der Waals surface area contributed by atoms with Crippen molar-refractivity contribution in [2.45, 2.75) is 17.4 Å². The number of hydrogen-bond acceptors (Lipinski definition) is 2. The molecule has 1 atom stereocenters. The quantitative estimate of drug-likeness (QED) is 0.798. The first-order chi connectivity index (χ1) is 9.56. The number of aliphatic hydroxyl groups is 1. The molecule has 1 nitrogen and oxygen atoms in total. The van der Waals surface area contributed by atoms with Crippen molar-refractivity contribution >= 4 is 27.7 Å². The molecule has 0 fully saturated rings. The molecule has 2 aromatic rings. The Kier molecular flexibility index (Phi) is 5.57. The Morgan fingerprint density at radius 2 is 1.85 bits per heavy atom. The first-order valence-electron chi connectivity index (χ1n) is 6.05. The van der Waals surface area contributed by atoms with Crippen molar-refractivity contribution in [1.82, 2.24) is 0 Å². The van der Waals surface area contributed by atoms with Crippen LogP contribution in [0.25, 0.3) is 0 Å². The van der Waals surface area contributed by atoms with E-state index < -0.39 is 6.10 Å². The minimum atomic E-state index is -0.733. The van der Waals surface area contributed by atoms with Gasteiger partial charge in [0.1, 0.15) is 11.6 Å². The third-order valence-corrected chi connectivity index (χ3v) is 4.42. The molecule has 0 saturated carbocycles. The predicted octanol–water partition coefficient (Wildman–Crippen LogP) is 4.42. The molecule has 0 aliphatic rings. The summed E-state index contributed by atoms with van der Waals surface area (Å²) in [5.41, 5.74) is 0.445. The van der Waals surface area contributed by atoms with Crippen LogP contribution in [0.4, 0.5) is 8.78 Å². The van der Waals surface area contributed by atoms with Crippen molar-refractivity contribution in [3.63, 3.8) is 0 Å². The topological polar surface area (TPSA) is 20.2 Å². The average Bonchev–Trinajstić information content (AvgIpc) is 2.42. The summed E-state index contributed by atoms with van der Waals surface area (Å²) >= 11 is 4.49. The molecule has 1 N–H and O–H groups in total. The first kappa shape index (κ1) is 15.5. The highest BCUT2D eigenvalue weighted by Crippen LogP contribution is 2.23. The average molecular weight is 359 g/mol. The van der Waals surface area contributed by atoms with Gasteiger partial charge in [0.2, 0.25) is 0 Å². The van der Waals surface area contributed by atoms with E-state index >= 15 is 0 Å². The molecule has 0 amide bonds. The summed E-state index contributed by atoms with van der Waals surface area (Å²) in [6, 6.07) is 11.0. The van der Waals surface area contributed by atoms with E-state index in [4.69, 9.17) is 0 Å². The number of benzene rings is 2. The van der Waals surface area contributed by atoms with Crippen LogP contribution in [0.5, 0.6) is 0 Å². The van der Waals surface area contributed by atoms with Crippen LogP contribution in [0, 0.1) is 11.6 Å². The molecule has 0 saturated heterocycles. The fraction of sp³-hybridized carbons (Fsp3) is 0.200. The highest BCUT2D eigenvalue weighted by molar-refractivity contribution is 9.10. The van der Waals surface area contributed by atoms with E-state index in [0.717, 1.165) is 4.47 Å². The first-order valence-corrected chi connectivity index (χ1v) is 7.83. The Bertz CT molecular complexity index is 592. The molecule has 106 valence electrons. The van der Waals surface area contributed by atoms with Crippen LogP contribution >= 0.6 is 27.7 Å². The summed E-state index contributed by atoms with van der Waals surface area (Å²) in [5.74, 6) is -0.339. The van der Waals surface area contributed by atoms with E-state index in [-0.39, 0.29) is 18.1 Å². The molecule has 0 radical (unpaired) electrons. The van der Waals surface area contributed by atoms with Crippen LogP contribution < -0.4 is 0 Å². The second-order valence-electron chi connectivity index (χ2n) is 4.34. The Labute approximate surface area is 129 Å². The Morgan fingerprint density at radius 3 is 2.60 bits per heavy atom. The fourth-order valence-electron chi connectivity index (χ4n) is 1.76. The highest BCUT2D eigenvalue weighted by atomic mass is 79.9. The zero-order valence-electron chi connectivity index (χ0n) is 10.5. The Hall–Kier alpha value is -0.910. The van der Waals surface area contributed by atoms with Crippen molar-refractivity contribution < 1.29 is 13.9 Å². The van der Waals surface area contributed by atoms with Gasteiger partial charge in [-0.25, -0.2) is 8.78 Å². The van der Waals surface area contributed by atoms with Gasteiger partial charge in [-0.15, -0.1) is 11.8 Å². The summed E-state index contributed by atoms with van der Waals surface area (Å²) in [4.78, 5) is 0.487. The lowest BCUT2D eigenvalue weighted by Gasteiger charge is -2.11. The molecule has 0 aromatic heterocycles. The van der Waals surface area contributed by atoms with Gasteiger partial charge < -0.3 is 5.11 Å². The minimum absolute atomic E-state index is 0.201. The highest BCUT2D eigenvalue weighted by Gasteiger charge is 2.12. The lowest BCUT2D eigenvalue weighted by atomic mass is 10.1. The van der Waals surface area contributed by atoms with Crippen molar-refractivity contribution in [1.29, 1.82) is 0 Å². The van der Waals surface area contributed by atoms with Crippen molar-refractivity contribution in [3.8, 4) is 0 Å². The van der Waals surface area contributed by atoms with Gasteiger partial charge in [0.25, 0.3) is 0 Å². The smallest absolute Gasteiger partial charge is 0.136 e. The van der Waals surface area contributed by atoms with Crippen molar-refractivity contribution in [2.75, 3.05) is 5.75 Å². The second kappa shape index (κ2) is 7.20. The molecule has 0 aliphatic heterocycles. The third kappa shape index (κ3) is 4.30. The lowest BCUT2D eigenvalue weighted by molar-refractivity contribution is 0.198. The van der Waals surface area contributed by atoms with Gasteiger partial charge in [-0.3, -0.25) is 0 Å². The summed E-state index contributed by atoms with van der Waals surface area (Å²) in [5, 5.41) is 9.94. The largest absolute Gasteiger partial charge is 0.392 e. The molecule has 2 rings (SSSR count). The molecule has 5 heteroatoms. The molecule has 0 bridgehead atoms. The van der Waals surface area contributed by atoms with E-state index in [9.17, 15) is 13.9 Å². The van der Waals surface area contributed by atoms with Gasteiger partial charge >= 0.3 is 0 Å². The van der Waals surface area contributed by atoms with Gasteiger partial charge in [0.15, 0.2) is 0 Å². The maximum Gasteiger partial charge on any atom is 0.136 e. The Morgan fingerprint density at radius 1 is 1.10 bits per heavy atom. The zero-order valence-corrected chi connectivity index (χ0v) is 12.9. The summed E-state index contributed by atoms with van der Waals surface area (Å²) < 4.78 is 27.7. The lowest BCUT2D eigenvalue weighted by Crippen LogP contribution is -2.14. The van der Waals surface area contributed by atoms with Crippen LogP contribution in [0.2, 0.25) is 0 Å².